The Morgan fingerprint density at radius 1 is 0.750 bits per heavy atom. The van der Waals surface area contributed by atoms with Gasteiger partial charge in [0.2, 0.25) is 0 Å². The van der Waals surface area contributed by atoms with Crippen LogP contribution in [0.25, 0.3) is 0 Å². The maximum absolute atomic E-state index is 11.8. The standard InChI is InChI=1S/C24H49N2O2/c1-4-6-7-8-9-10-11-12-13-14-15-16-17-18-21-26(3)22-19-25(20-23-26)24(27)28-5-2/h4-23H2,1-3H3/q+1. The molecule has 1 fully saturated rings. The predicted octanol–water partition coefficient (Wildman–Crippen LogP) is 6.39. The second kappa shape index (κ2) is 16.1. The van der Waals surface area contributed by atoms with E-state index >= 15 is 0 Å². The molecule has 0 aromatic rings. The van der Waals surface area contributed by atoms with Gasteiger partial charge in [-0.15, -0.1) is 0 Å². The molecular weight excluding hydrogens is 348 g/mol. The molecule has 4 nitrogen and oxygen atoms in total. The minimum absolute atomic E-state index is 0.134. The topological polar surface area (TPSA) is 29.5 Å². The normalized spacial score (nSPS) is 16.3. The minimum atomic E-state index is -0.134. The fourth-order valence-corrected chi connectivity index (χ4v) is 4.26. The SMILES string of the molecule is CCCCCCCCCCCCCCCC[N+]1(C)CCN(C(=O)OCC)CC1. The summed E-state index contributed by atoms with van der Waals surface area (Å²) in [5.74, 6) is 0. The summed E-state index contributed by atoms with van der Waals surface area (Å²) in [6.45, 7) is 9.71. The zero-order valence-electron chi connectivity index (χ0n) is 19.4. The average molecular weight is 398 g/mol. The third-order valence-corrected chi connectivity index (χ3v) is 6.40. The van der Waals surface area contributed by atoms with Crippen LogP contribution in [0.4, 0.5) is 4.79 Å². The summed E-state index contributed by atoms with van der Waals surface area (Å²) >= 11 is 0. The Morgan fingerprint density at radius 3 is 1.61 bits per heavy atom. The van der Waals surface area contributed by atoms with Crippen molar-refractivity contribution in [1.82, 2.24) is 4.90 Å². The summed E-state index contributed by atoms with van der Waals surface area (Å²) in [6, 6.07) is 0. The van der Waals surface area contributed by atoms with Crippen molar-refractivity contribution < 1.29 is 14.0 Å². The quantitative estimate of drug-likeness (QED) is 0.223. The Balaban J connectivity index is 1.89. The highest BCUT2D eigenvalue weighted by Gasteiger charge is 2.30. The first kappa shape index (κ1) is 25.3. The molecule has 0 N–H and O–H groups in total. The highest BCUT2D eigenvalue weighted by molar-refractivity contribution is 5.67. The van der Waals surface area contributed by atoms with E-state index in [1.165, 1.54) is 96.4 Å². The molecule has 1 aliphatic heterocycles. The number of quaternary nitrogens is 1. The second-order valence-corrected chi connectivity index (χ2v) is 9.07. The number of carbonyl (C=O) groups excluding carboxylic acids is 1. The number of piperazine rings is 1. The van der Waals surface area contributed by atoms with Crippen molar-refractivity contribution in [3.63, 3.8) is 0 Å². The number of nitrogens with zero attached hydrogens (tertiary/aromatic N) is 2. The molecule has 0 radical (unpaired) electrons. The van der Waals surface area contributed by atoms with Crippen LogP contribution >= 0.6 is 0 Å². The van der Waals surface area contributed by atoms with Crippen LogP contribution in [-0.2, 0) is 4.74 Å². The van der Waals surface area contributed by atoms with Gasteiger partial charge in [0.25, 0.3) is 0 Å². The lowest BCUT2D eigenvalue weighted by molar-refractivity contribution is -0.913. The molecule has 0 atom stereocenters. The van der Waals surface area contributed by atoms with Crippen LogP contribution in [0, 0.1) is 0 Å². The zero-order chi connectivity index (χ0) is 20.5. The first-order valence-corrected chi connectivity index (χ1v) is 12.4. The number of amides is 1. The van der Waals surface area contributed by atoms with E-state index in [0.29, 0.717) is 6.61 Å². The van der Waals surface area contributed by atoms with Crippen molar-refractivity contribution in [2.45, 2.75) is 104 Å². The molecule has 0 bridgehead atoms. The monoisotopic (exact) mass is 397 g/mol. The van der Waals surface area contributed by atoms with Crippen molar-refractivity contribution in [2.24, 2.45) is 0 Å². The highest BCUT2D eigenvalue weighted by atomic mass is 16.6. The molecule has 0 saturated carbocycles. The zero-order valence-corrected chi connectivity index (χ0v) is 19.4. The molecule has 1 aliphatic rings. The van der Waals surface area contributed by atoms with Crippen LogP contribution in [-0.4, -0.2) is 61.9 Å². The maximum Gasteiger partial charge on any atom is 0.410 e. The van der Waals surface area contributed by atoms with E-state index in [4.69, 9.17) is 4.74 Å². The highest BCUT2D eigenvalue weighted by Crippen LogP contribution is 2.16. The maximum atomic E-state index is 11.8. The van der Waals surface area contributed by atoms with E-state index in [1.54, 1.807) is 0 Å². The van der Waals surface area contributed by atoms with Gasteiger partial charge in [0.15, 0.2) is 0 Å². The molecule has 0 aliphatic carbocycles. The van der Waals surface area contributed by atoms with Crippen LogP contribution < -0.4 is 0 Å². The summed E-state index contributed by atoms with van der Waals surface area (Å²) in [5, 5.41) is 0. The van der Waals surface area contributed by atoms with E-state index in [1.807, 2.05) is 11.8 Å². The Hall–Kier alpha value is -0.770. The molecule has 0 unspecified atom stereocenters. The molecule has 1 rings (SSSR count). The first-order chi connectivity index (χ1) is 13.6. The van der Waals surface area contributed by atoms with Crippen LogP contribution in [0.15, 0.2) is 0 Å². The largest absolute Gasteiger partial charge is 0.450 e. The Labute approximate surface area is 175 Å². The summed E-state index contributed by atoms with van der Waals surface area (Å²) in [7, 11) is 2.35. The molecule has 0 aromatic heterocycles. The van der Waals surface area contributed by atoms with Crippen molar-refractivity contribution in [3.05, 3.63) is 0 Å². The second-order valence-electron chi connectivity index (χ2n) is 9.07. The number of hydrogen-bond acceptors (Lipinski definition) is 2. The van der Waals surface area contributed by atoms with Crippen LogP contribution in [0.2, 0.25) is 0 Å². The van der Waals surface area contributed by atoms with Crippen LogP contribution in [0.5, 0.6) is 0 Å². The van der Waals surface area contributed by atoms with E-state index in [2.05, 4.69) is 14.0 Å². The summed E-state index contributed by atoms with van der Waals surface area (Å²) in [4.78, 5) is 13.7. The number of hydrogen-bond donors (Lipinski definition) is 0. The number of unbranched alkanes of at least 4 members (excludes halogenated alkanes) is 13. The fourth-order valence-electron chi connectivity index (χ4n) is 4.26. The number of rotatable bonds is 16. The van der Waals surface area contributed by atoms with Gasteiger partial charge in [0.05, 0.1) is 46.4 Å². The third-order valence-electron chi connectivity index (χ3n) is 6.40. The summed E-state index contributed by atoms with van der Waals surface area (Å²) < 4.78 is 6.24. The smallest absolute Gasteiger partial charge is 0.410 e. The molecule has 166 valence electrons. The molecule has 0 spiro atoms. The van der Waals surface area contributed by atoms with Crippen molar-refractivity contribution in [1.29, 1.82) is 0 Å². The molecule has 28 heavy (non-hydrogen) atoms. The van der Waals surface area contributed by atoms with Gasteiger partial charge in [-0.1, -0.05) is 84.0 Å². The number of likely N-dealkylation sites (N-methyl/N-ethyl adjacent to an activating group) is 1. The average Bonchev–Trinajstić information content (AvgIpc) is 2.69. The third kappa shape index (κ3) is 11.9. The van der Waals surface area contributed by atoms with Crippen LogP contribution in [0.1, 0.15) is 104 Å². The van der Waals surface area contributed by atoms with E-state index < -0.39 is 0 Å². The molecular formula is C24H49N2O2+. The van der Waals surface area contributed by atoms with Crippen molar-refractivity contribution in [3.8, 4) is 0 Å². The lowest BCUT2D eigenvalue weighted by Crippen LogP contribution is -2.58. The van der Waals surface area contributed by atoms with Gasteiger partial charge in [-0.25, -0.2) is 4.79 Å². The van der Waals surface area contributed by atoms with E-state index in [0.717, 1.165) is 30.7 Å². The van der Waals surface area contributed by atoms with Gasteiger partial charge in [-0.05, 0) is 19.8 Å². The predicted molar refractivity (Wildman–Crippen MR) is 120 cm³/mol. The minimum Gasteiger partial charge on any atom is -0.450 e. The van der Waals surface area contributed by atoms with Gasteiger partial charge in [0, 0.05) is 0 Å². The Kier molecular flexibility index (Phi) is 14.5. The Bertz CT molecular complexity index is 379. The van der Waals surface area contributed by atoms with E-state index in [-0.39, 0.29) is 6.09 Å². The van der Waals surface area contributed by atoms with Crippen molar-refractivity contribution >= 4 is 6.09 Å². The number of ether oxygens (including phenoxy) is 1. The summed E-state index contributed by atoms with van der Waals surface area (Å²) in [5.41, 5.74) is 0. The van der Waals surface area contributed by atoms with Crippen LogP contribution in [0.3, 0.4) is 0 Å². The van der Waals surface area contributed by atoms with Gasteiger partial charge in [-0.3, -0.25) is 4.90 Å². The van der Waals surface area contributed by atoms with Crippen molar-refractivity contribution in [2.75, 3.05) is 46.4 Å². The van der Waals surface area contributed by atoms with Gasteiger partial charge in [-0.2, -0.15) is 0 Å². The molecule has 1 amide bonds. The first-order valence-electron chi connectivity index (χ1n) is 12.4. The van der Waals surface area contributed by atoms with Gasteiger partial charge < -0.3 is 9.22 Å². The molecule has 0 aromatic carbocycles. The lowest BCUT2D eigenvalue weighted by Gasteiger charge is -2.41. The Morgan fingerprint density at radius 2 is 1.18 bits per heavy atom. The summed E-state index contributed by atoms with van der Waals surface area (Å²) in [6.07, 6.45) is 19.7. The molecule has 1 saturated heterocycles. The molecule has 1 heterocycles. The van der Waals surface area contributed by atoms with Gasteiger partial charge in [0.1, 0.15) is 0 Å². The van der Waals surface area contributed by atoms with E-state index in [9.17, 15) is 4.79 Å². The fraction of sp³-hybridized carbons (Fsp3) is 0.958. The number of carbonyl (C=O) groups is 1. The molecule has 4 heteroatoms. The van der Waals surface area contributed by atoms with Gasteiger partial charge >= 0.3 is 6.09 Å². The lowest BCUT2D eigenvalue weighted by atomic mass is 10.0.